The number of Topliss-reactive ketones (excluding diaryl/α,β-unsaturated/α-hetero) is 2. The van der Waals surface area contributed by atoms with E-state index in [-0.39, 0.29) is 0 Å². The summed E-state index contributed by atoms with van der Waals surface area (Å²) in [6.07, 6.45) is 0. The normalized spacial score (nSPS) is 9.00. The van der Waals surface area contributed by atoms with Crippen LogP contribution in [0.25, 0.3) is 0 Å². The van der Waals surface area contributed by atoms with Crippen LogP contribution in [0.15, 0.2) is 60.7 Å². The van der Waals surface area contributed by atoms with E-state index in [0.717, 1.165) is 0 Å². The van der Waals surface area contributed by atoms with Crippen molar-refractivity contribution >= 4 is 11.6 Å². The van der Waals surface area contributed by atoms with Crippen LogP contribution in [0.1, 0.15) is 34.6 Å². The third kappa shape index (κ3) is 3.39. The molecule has 2 aromatic rings. The Kier molecular flexibility index (Phi) is 5.52. The molecule has 0 aliphatic heterocycles. The van der Waals surface area contributed by atoms with E-state index < -0.39 is 11.6 Å². The molecular formula is C16H16O2. The summed E-state index contributed by atoms with van der Waals surface area (Å²) in [7, 11) is 0. The van der Waals surface area contributed by atoms with Crippen LogP contribution in [0.5, 0.6) is 0 Å². The SMILES string of the molecule is CC.O=C(C(=O)c1ccccc1)c1ccccc1. The maximum absolute atomic E-state index is 11.8. The van der Waals surface area contributed by atoms with Crippen molar-refractivity contribution in [3.05, 3.63) is 71.8 Å². The second kappa shape index (κ2) is 7.17. The molecule has 0 unspecified atom stereocenters. The molecule has 0 spiro atoms. The zero-order valence-electron chi connectivity index (χ0n) is 10.6. The highest BCUT2D eigenvalue weighted by Gasteiger charge is 2.16. The van der Waals surface area contributed by atoms with Gasteiger partial charge in [-0.05, 0) is 0 Å². The lowest BCUT2D eigenvalue weighted by atomic mass is 10.0. The quantitative estimate of drug-likeness (QED) is 0.604. The Labute approximate surface area is 107 Å². The molecule has 2 rings (SSSR count). The number of carbonyl (C=O) groups excluding carboxylic acids is 2. The van der Waals surface area contributed by atoms with Crippen molar-refractivity contribution in [3.8, 4) is 0 Å². The van der Waals surface area contributed by atoms with Gasteiger partial charge in [-0.1, -0.05) is 74.5 Å². The molecule has 0 aliphatic carbocycles. The molecule has 0 amide bonds. The number of hydrogen-bond donors (Lipinski definition) is 0. The topological polar surface area (TPSA) is 34.1 Å². The fourth-order valence-electron chi connectivity index (χ4n) is 1.44. The smallest absolute Gasteiger partial charge is 0.233 e. The molecule has 0 aromatic heterocycles. The van der Waals surface area contributed by atoms with Crippen LogP contribution in [-0.2, 0) is 0 Å². The second-order valence-electron chi connectivity index (χ2n) is 3.39. The fourth-order valence-corrected chi connectivity index (χ4v) is 1.44. The first-order valence-electron chi connectivity index (χ1n) is 5.98. The first-order valence-corrected chi connectivity index (χ1v) is 5.98. The lowest BCUT2D eigenvalue weighted by molar-refractivity contribution is 0.0817. The van der Waals surface area contributed by atoms with Gasteiger partial charge in [0.25, 0.3) is 0 Å². The summed E-state index contributed by atoms with van der Waals surface area (Å²) in [6, 6.07) is 17.2. The van der Waals surface area contributed by atoms with Crippen LogP contribution in [0, 0.1) is 0 Å². The Morgan fingerprint density at radius 1 is 0.611 bits per heavy atom. The number of hydrogen-bond acceptors (Lipinski definition) is 2. The van der Waals surface area contributed by atoms with Gasteiger partial charge in [-0.2, -0.15) is 0 Å². The highest BCUT2D eigenvalue weighted by atomic mass is 16.2. The molecule has 2 aromatic carbocycles. The first-order chi connectivity index (χ1) is 8.79. The molecule has 0 aliphatic rings. The van der Waals surface area contributed by atoms with E-state index in [9.17, 15) is 9.59 Å². The summed E-state index contributed by atoms with van der Waals surface area (Å²) in [4.78, 5) is 23.6. The second-order valence-corrected chi connectivity index (χ2v) is 3.39. The molecule has 2 nitrogen and oxygen atoms in total. The predicted molar refractivity (Wildman–Crippen MR) is 72.9 cm³/mol. The van der Waals surface area contributed by atoms with E-state index in [1.165, 1.54) is 0 Å². The van der Waals surface area contributed by atoms with Crippen LogP contribution in [-0.4, -0.2) is 11.6 Å². The van der Waals surface area contributed by atoms with Crippen molar-refractivity contribution in [1.82, 2.24) is 0 Å². The van der Waals surface area contributed by atoms with Crippen LogP contribution >= 0.6 is 0 Å². The molecule has 92 valence electrons. The highest BCUT2D eigenvalue weighted by Crippen LogP contribution is 2.07. The minimum atomic E-state index is -0.466. The van der Waals surface area contributed by atoms with Gasteiger partial charge in [0.1, 0.15) is 0 Å². The predicted octanol–water partition coefficient (Wildman–Crippen LogP) is 3.78. The van der Waals surface area contributed by atoms with E-state index in [4.69, 9.17) is 0 Å². The Balaban J connectivity index is 0.000000771. The lowest BCUT2D eigenvalue weighted by Gasteiger charge is -1.99. The molecule has 2 heteroatoms. The van der Waals surface area contributed by atoms with Crippen molar-refractivity contribution in [3.63, 3.8) is 0 Å². The molecule has 0 saturated carbocycles. The van der Waals surface area contributed by atoms with E-state index >= 15 is 0 Å². The van der Waals surface area contributed by atoms with Gasteiger partial charge >= 0.3 is 0 Å². The number of carbonyl (C=O) groups is 2. The van der Waals surface area contributed by atoms with Crippen molar-refractivity contribution in [2.45, 2.75) is 13.8 Å². The van der Waals surface area contributed by atoms with Gasteiger partial charge in [-0.25, -0.2) is 0 Å². The number of ketones is 2. The Hall–Kier alpha value is -2.22. The van der Waals surface area contributed by atoms with Crippen molar-refractivity contribution in [2.24, 2.45) is 0 Å². The molecule has 0 atom stereocenters. The number of benzene rings is 2. The standard InChI is InChI=1S/C14H10O2.C2H6/c15-13(11-7-3-1-4-8-11)14(16)12-9-5-2-6-10-12;1-2/h1-10H;1-2H3. The third-order valence-corrected chi connectivity index (χ3v) is 2.28. The molecule has 0 bridgehead atoms. The summed E-state index contributed by atoms with van der Waals surface area (Å²) in [5.74, 6) is -0.932. The molecule has 0 saturated heterocycles. The van der Waals surface area contributed by atoms with Gasteiger partial charge in [-0.15, -0.1) is 0 Å². The maximum atomic E-state index is 11.8. The van der Waals surface area contributed by atoms with Gasteiger partial charge in [0.2, 0.25) is 11.6 Å². The maximum Gasteiger partial charge on any atom is 0.233 e. The molecular weight excluding hydrogens is 224 g/mol. The molecule has 0 heterocycles. The minimum Gasteiger partial charge on any atom is -0.285 e. The Morgan fingerprint density at radius 3 is 1.17 bits per heavy atom. The molecule has 0 N–H and O–H groups in total. The van der Waals surface area contributed by atoms with Gasteiger partial charge in [-0.3, -0.25) is 9.59 Å². The molecule has 0 fully saturated rings. The van der Waals surface area contributed by atoms with E-state index in [2.05, 4.69) is 0 Å². The van der Waals surface area contributed by atoms with Crippen molar-refractivity contribution in [2.75, 3.05) is 0 Å². The monoisotopic (exact) mass is 240 g/mol. The molecule has 0 radical (unpaired) electrons. The van der Waals surface area contributed by atoms with E-state index in [0.29, 0.717) is 11.1 Å². The highest BCUT2D eigenvalue weighted by molar-refractivity contribution is 6.49. The summed E-state index contributed by atoms with van der Waals surface area (Å²) >= 11 is 0. The van der Waals surface area contributed by atoms with Crippen LogP contribution in [0.2, 0.25) is 0 Å². The lowest BCUT2D eigenvalue weighted by Crippen LogP contribution is -2.14. The zero-order valence-corrected chi connectivity index (χ0v) is 10.6. The largest absolute Gasteiger partial charge is 0.285 e. The van der Waals surface area contributed by atoms with Crippen molar-refractivity contribution < 1.29 is 9.59 Å². The van der Waals surface area contributed by atoms with Gasteiger partial charge in [0.15, 0.2) is 0 Å². The summed E-state index contributed by atoms with van der Waals surface area (Å²) < 4.78 is 0. The van der Waals surface area contributed by atoms with Crippen LogP contribution in [0.4, 0.5) is 0 Å². The first kappa shape index (κ1) is 13.8. The summed E-state index contributed by atoms with van der Waals surface area (Å²) in [6.45, 7) is 4.00. The van der Waals surface area contributed by atoms with Gasteiger partial charge in [0, 0.05) is 11.1 Å². The fraction of sp³-hybridized carbons (Fsp3) is 0.125. The minimum absolute atomic E-state index is 0.427. The van der Waals surface area contributed by atoms with Crippen LogP contribution in [0.3, 0.4) is 0 Å². The average molecular weight is 240 g/mol. The zero-order chi connectivity index (χ0) is 13.4. The van der Waals surface area contributed by atoms with Gasteiger partial charge in [0.05, 0.1) is 0 Å². The van der Waals surface area contributed by atoms with E-state index in [1.807, 2.05) is 26.0 Å². The number of rotatable bonds is 3. The summed E-state index contributed by atoms with van der Waals surface area (Å²) in [5, 5.41) is 0. The Bertz CT molecular complexity index is 452. The van der Waals surface area contributed by atoms with E-state index in [1.54, 1.807) is 48.5 Å². The molecule has 18 heavy (non-hydrogen) atoms. The van der Waals surface area contributed by atoms with Gasteiger partial charge < -0.3 is 0 Å². The third-order valence-electron chi connectivity index (χ3n) is 2.28. The van der Waals surface area contributed by atoms with Crippen molar-refractivity contribution in [1.29, 1.82) is 0 Å². The Morgan fingerprint density at radius 2 is 0.889 bits per heavy atom. The average Bonchev–Trinajstić information content (AvgIpc) is 2.49. The summed E-state index contributed by atoms with van der Waals surface area (Å²) in [5.41, 5.74) is 0.854. The van der Waals surface area contributed by atoms with Crippen LogP contribution < -0.4 is 0 Å².